The minimum absolute atomic E-state index is 0.180. The van der Waals surface area contributed by atoms with Gasteiger partial charge in [0.05, 0.1) is 6.54 Å². The number of nitrogens with one attached hydrogen (secondary N) is 1. The van der Waals surface area contributed by atoms with E-state index >= 15 is 0 Å². The summed E-state index contributed by atoms with van der Waals surface area (Å²) in [5, 5.41) is 3.09. The lowest BCUT2D eigenvalue weighted by atomic mass is 10.1. The highest BCUT2D eigenvalue weighted by molar-refractivity contribution is 9.10. The van der Waals surface area contributed by atoms with Gasteiger partial charge in [-0.05, 0) is 37.6 Å². The average Bonchev–Trinajstić information content (AvgIpc) is 2.12. The zero-order valence-corrected chi connectivity index (χ0v) is 9.80. The van der Waals surface area contributed by atoms with Crippen LogP contribution in [-0.2, 0) is 11.2 Å². The fraction of sp³-hybridized carbons (Fsp3) is 0.364. The molecule has 1 N–H and O–H groups in total. The normalized spacial score (nSPS) is 10.1. The summed E-state index contributed by atoms with van der Waals surface area (Å²) in [5.74, 6) is 0.180. The topological polar surface area (TPSA) is 29.1 Å². The van der Waals surface area contributed by atoms with E-state index in [0.717, 1.165) is 17.4 Å². The van der Waals surface area contributed by atoms with Crippen LogP contribution in [0, 0.1) is 0 Å². The van der Waals surface area contributed by atoms with E-state index < -0.39 is 0 Å². The number of ketones is 1. The summed E-state index contributed by atoms with van der Waals surface area (Å²) >= 11 is 3.42. The predicted molar refractivity (Wildman–Crippen MR) is 61.4 cm³/mol. The molecule has 0 aliphatic carbocycles. The summed E-state index contributed by atoms with van der Waals surface area (Å²) in [5.41, 5.74) is 1.27. The highest BCUT2D eigenvalue weighted by Gasteiger charge is 1.95. The second kappa shape index (κ2) is 5.94. The Morgan fingerprint density at radius 1 is 1.50 bits per heavy atom. The molecule has 0 heterocycles. The number of hydrogen-bond donors (Lipinski definition) is 1. The fourth-order valence-corrected chi connectivity index (χ4v) is 1.64. The Morgan fingerprint density at radius 2 is 2.29 bits per heavy atom. The molecule has 0 bridgehead atoms. The molecule has 0 unspecified atom stereocenters. The van der Waals surface area contributed by atoms with Gasteiger partial charge >= 0.3 is 0 Å². The molecule has 0 aliphatic rings. The molecule has 0 atom stereocenters. The molecule has 3 heteroatoms. The maximum absolute atomic E-state index is 10.6. The zero-order valence-electron chi connectivity index (χ0n) is 8.22. The highest BCUT2D eigenvalue weighted by atomic mass is 79.9. The molecule has 0 saturated carbocycles. The van der Waals surface area contributed by atoms with Crippen molar-refractivity contribution in [2.24, 2.45) is 0 Å². The summed E-state index contributed by atoms with van der Waals surface area (Å²) in [6, 6.07) is 8.20. The Hall–Kier alpha value is -0.670. The molecule has 1 rings (SSSR count). The van der Waals surface area contributed by atoms with Gasteiger partial charge < -0.3 is 5.32 Å². The van der Waals surface area contributed by atoms with E-state index in [-0.39, 0.29) is 5.78 Å². The molecule has 0 radical (unpaired) electrons. The molecule has 2 nitrogen and oxygen atoms in total. The van der Waals surface area contributed by atoms with Crippen LogP contribution in [0.4, 0.5) is 0 Å². The van der Waals surface area contributed by atoms with Crippen molar-refractivity contribution in [3.05, 3.63) is 34.3 Å². The molecule has 0 amide bonds. The Balaban J connectivity index is 2.28. The van der Waals surface area contributed by atoms with Crippen LogP contribution in [0.1, 0.15) is 12.5 Å². The lowest BCUT2D eigenvalue weighted by Crippen LogP contribution is -2.23. The first-order valence-corrected chi connectivity index (χ1v) is 5.42. The zero-order chi connectivity index (χ0) is 10.4. The van der Waals surface area contributed by atoms with Crippen LogP contribution in [0.3, 0.4) is 0 Å². The molecule has 0 spiro atoms. The number of rotatable bonds is 5. The lowest BCUT2D eigenvalue weighted by Gasteiger charge is -2.03. The quantitative estimate of drug-likeness (QED) is 0.818. The van der Waals surface area contributed by atoms with Gasteiger partial charge in [0, 0.05) is 4.47 Å². The monoisotopic (exact) mass is 255 g/mol. The second-order valence-corrected chi connectivity index (χ2v) is 4.17. The summed E-state index contributed by atoms with van der Waals surface area (Å²) < 4.78 is 1.10. The van der Waals surface area contributed by atoms with Gasteiger partial charge in [-0.1, -0.05) is 28.1 Å². The summed E-state index contributed by atoms with van der Waals surface area (Å²) in [4.78, 5) is 10.6. The van der Waals surface area contributed by atoms with Gasteiger partial charge in [0.1, 0.15) is 5.78 Å². The molecular formula is C11H14BrNO. The SMILES string of the molecule is CC(=O)CNCCc1cccc(Br)c1. The van der Waals surface area contributed by atoms with Crippen molar-refractivity contribution >= 4 is 21.7 Å². The summed E-state index contributed by atoms with van der Waals surface area (Å²) in [6.07, 6.45) is 0.951. The fourth-order valence-electron chi connectivity index (χ4n) is 1.19. The first-order valence-electron chi connectivity index (χ1n) is 4.63. The van der Waals surface area contributed by atoms with E-state index in [1.54, 1.807) is 6.92 Å². The Bertz CT molecular complexity index is 312. The van der Waals surface area contributed by atoms with Crippen LogP contribution in [0.5, 0.6) is 0 Å². The summed E-state index contributed by atoms with van der Waals surface area (Å²) in [7, 11) is 0. The molecular weight excluding hydrogens is 242 g/mol. The van der Waals surface area contributed by atoms with Crippen molar-refractivity contribution in [3.8, 4) is 0 Å². The maximum atomic E-state index is 10.6. The number of carbonyl (C=O) groups excluding carboxylic acids is 1. The number of halogens is 1. The van der Waals surface area contributed by atoms with Crippen LogP contribution < -0.4 is 5.32 Å². The van der Waals surface area contributed by atoms with Crippen molar-refractivity contribution in [3.63, 3.8) is 0 Å². The van der Waals surface area contributed by atoms with Crippen molar-refractivity contribution in [1.29, 1.82) is 0 Å². The third-order valence-corrected chi connectivity index (χ3v) is 2.35. The highest BCUT2D eigenvalue weighted by Crippen LogP contribution is 2.11. The van der Waals surface area contributed by atoms with Crippen LogP contribution >= 0.6 is 15.9 Å². The van der Waals surface area contributed by atoms with E-state index in [2.05, 4.69) is 33.4 Å². The largest absolute Gasteiger partial charge is 0.310 e. The van der Waals surface area contributed by atoms with Crippen molar-refractivity contribution < 1.29 is 4.79 Å². The van der Waals surface area contributed by atoms with Crippen LogP contribution in [0.2, 0.25) is 0 Å². The molecule has 0 fully saturated rings. The number of benzene rings is 1. The van der Waals surface area contributed by atoms with Gasteiger partial charge in [-0.25, -0.2) is 0 Å². The molecule has 76 valence electrons. The van der Waals surface area contributed by atoms with Gasteiger partial charge in [-0.2, -0.15) is 0 Å². The lowest BCUT2D eigenvalue weighted by molar-refractivity contribution is -0.116. The van der Waals surface area contributed by atoms with Gasteiger partial charge in [-0.15, -0.1) is 0 Å². The van der Waals surface area contributed by atoms with E-state index in [0.29, 0.717) is 6.54 Å². The average molecular weight is 256 g/mol. The molecule has 0 aromatic heterocycles. The van der Waals surface area contributed by atoms with Crippen molar-refractivity contribution in [1.82, 2.24) is 5.32 Å². The Labute approximate surface area is 92.8 Å². The molecule has 1 aromatic rings. The van der Waals surface area contributed by atoms with Gasteiger partial charge in [0.2, 0.25) is 0 Å². The van der Waals surface area contributed by atoms with Crippen LogP contribution in [-0.4, -0.2) is 18.9 Å². The third-order valence-electron chi connectivity index (χ3n) is 1.85. The van der Waals surface area contributed by atoms with E-state index in [4.69, 9.17) is 0 Å². The predicted octanol–water partition coefficient (Wildman–Crippen LogP) is 2.17. The van der Waals surface area contributed by atoms with E-state index in [1.807, 2.05) is 12.1 Å². The Kier molecular flexibility index (Phi) is 4.84. The first-order chi connectivity index (χ1) is 6.68. The van der Waals surface area contributed by atoms with Gasteiger partial charge in [0.15, 0.2) is 0 Å². The number of hydrogen-bond acceptors (Lipinski definition) is 2. The number of Topliss-reactive ketones (excluding diaryl/α,β-unsaturated/α-hetero) is 1. The van der Waals surface area contributed by atoms with Crippen molar-refractivity contribution in [2.45, 2.75) is 13.3 Å². The van der Waals surface area contributed by atoms with Gasteiger partial charge in [0.25, 0.3) is 0 Å². The minimum Gasteiger partial charge on any atom is -0.310 e. The number of carbonyl (C=O) groups is 1. The smallest absolute Gasteiger partial charge is 0.143 e. The second-order valence-electron chi connectivity index (χ2n) is 3.26. The third kappa shape index (κ3) is 4.53. The molecule has 0 aliphatic heterocycles. The van der Waals surface area contributed by atoms with Crippen molar-refractivity contribution in [2.75, 3.05) is 13.1 Å². The molecule has 14 heavy (non-hydrogen) atoms. The van der Waals surface area contributed by atoms with Crippen LogP contribution in [0.25, 0.3) is 0 Å². The van der Waals surface area contributed by atoms with Crippen LogP contribution in [0.15, 0.2) is 28.7 Å². The van der Waals surface area contributed by atoms with E-state index in [1.165, 1.54) is 5.56 Å². The van der Waals surface area contributed by atoms with E-state index in [9.17, 15) is 4.79 Å². The van der Waals surface area contributed by atoms with Gasteiger partial charge in [-0.3, -0.25) is 4.79 Å². The standard InChI is InChI=1S/C11H14BrNO/c1-9(14)8-13-6-5-10-3-2-4-11(12)7-10/h2-4,7,13H,5-6,8H2,1H3. The maximum Gasteiger partial charge on any atom is 0.143 e. The molecule has 1 aromatic carbocycles. The summed E-state index contributed by atoms with van der Waals surface area (Å²) in [6.45, 7) is 2.90. The molecule has 0 saturated heterocycles. The minimum atomic E-state index is 0.180. The Morgan fingerprint density at radius 3 is 2.93 bits per heavy atom. The first kappa shape index (κ1) is 11.4.